The van der Waals surface area contributed by atoms with Gasteiger partial charge < -0.3 is 10.1 Å². The van der Waals surface area contributed by atoms with Crippen LogP contribution in [0.3, 0.4) is 0 Å². The molecule has 1 saturated carbocycles. The predicted molar refractivity (Wildman–Crippen MR) is 80.5 cm³/mol. The molecule has 0 aromatic rings. The highest BCUT2D eigenvalue weighted by Gasteiger charge is 2.27. The van der Waals surface area contributed by atoms with Crippen LogP contribution in [0.25, 0.3) is 0 Å². The normalized spacial score (nSPS) is 27.6. The van der Waals surface area contributed by atoms with Crippen LogP contribution in [0.1, 0.15) is 52.9 Å². The Balaban J connectivity index is 1.72. The van der Waals surface area contributed by atoms with Gasteiger partial charge in [0.1, 0.15) is 0 Å². The van der Waals surface area contributed by atoms with Gasteiger partial charge in [0.25, 0.3) is 0 Å². The Bertz CT molecular complexity index is 256. The minimum atomic E-state index is 0.342. The van der Waals surface area contributed by atoms with E-state index in [4.69, 9.17) is 4.74 Å². The fourth-order valence-electron chi connectivity index (χ4n) is 3.18. The zero-order chi connectivity index (χ0) is 13.7. The third-order valence-electron chi connectivity index (χ3n) is 4.59. The highest BCUT2D eigenvalue weighted by Crippen LogP contribution is 2.22. The van der Waals surface area contributed by atoms with Crippen molar-refractivity contribution in [2.45, 2.75) is 65.0 Å². The van der Waals surface area contributed by atoms with Crippen molar-refractivity contribution < 1.29 is 4.74 Å². The molecule has 2 rings (SSSR count). The standard InChI is InChI=1S/C16H32N2O/c1-16(2,3)15-13-18(10-6-9-17-15)11-12-19-14-7-4-5-8-14/h14-15,17H,4-13H2,1-3H3. The summed E-state index contributed by atoms with van der Waals surface area (Å²) in [6.07, 6.45) is 7.12. The Morgan fingerprint density at radius 1 is 1.16 bits per heavy atom. The summed E-state index contributed by atoms with van der Waals surface area (Å²) < 4.78 is 6.01. The quantitative estimate of drug-likeness (QED) is 0.848. The van der Waals surface area contributed by atoms with Crippen molar-refractivity contribution in [3.8, 4) is 0 Å². The van der Waals surface area contributed by atoms with Crippen molar-refractivity contribution in [1.82, 2.24) is 10.2 Å². The molecule has 0 aromatic carbocycles. The van der Waals surface area contributed by atoms with E-state index >= 15 is 0 Å². The van der Waals surface area contributed by atoms with Crippen LogP contribution in [-0.4, -0.2) is 49.8 Å². The van der Waals surface area contributed by atoms with Gasteiger partial charge in [-0.1, -0.05) is 33.6 Å². The van der Waals surface area contributed by atoms with E-state index in [2.05, 4.69) is 31.0 Å². The van der Waals surface area contributed by atoms with Crippen LogP contribution in [0, 0.1) is 5.41 Å². The first kappa shape index (κ1) is 15.3. The van der Waals surface area contributed by atoms with Crippen LogP contribution in [0.15, 0.2) is 0 Å². The Morgan fingerprint density at radius 2 is 1.89 bits per heavy atom. The third kappa shape index (κ3) is 5.05. The lowest BCUT2D eigenvalue weighted by atomic mass is 9.86. The SMILES string of the molecule is CC(C)(C)C1CN(CCOC2CCCC2)CCCN1. The zero-order valence-electron chi connectivity index (χ0n) is 13.1. The maximum absolute atomic E-state index is 6.01. The van der Waals surface area contributed by atoms with Gasteiger partial charge in [-0.25, -0.2) is 0 Å². The van der Waals surface area contributed by atoms with Crippen LogP contribution in [0.5, 0.6) is 0 Å². The maximum Gasteiger partial charge on any atom is 0.0597 e. The predicted octanol–water partition coefficient (Wildman–Crippen LogP) is 2.66. The monoisotopic (exact) mass is 268 g/mol. The van der Waals surface area contributed by atoms with Crippen molar-refractivity contribution in [3.63, 3.8) is 0 Å². The second-order valence-electron chi connectivity index (χ2n) is 7.30. The van der Waals surface area contributed by atoms with E-state index in [0.29, 0.717) is 17.6 Å². The molecular weight excluding hydrogens is 236 g/mol. The van der Waals surface area contributed by atoms with Crippen LogP contribution < -0.4 is 5.32 Å². The largest absolute Gasteiger partial charge is 0.377 e. The minimum absolute atomic E-state index is 0.342. The Labute approximate surface area is 119 Å². The fourth-order valence-corrected chi connectivity index (χ4v) is 3.18. The van der Waals surface area contributed by atoms with Crippen molar-refractivity contribution in [2.75, 3.05) is 32.8 Å². The molecular formula is C16H32N2O. The molecule has 0 radical (unpaired) electrons. The van der Waals surface area contributed by atoms with E-state index in [1.54, 1.807) is 0 Å². The van der Waals surface area contributed by atoms with Crippen molar-refractivity contribution in [3.05, 3.63) is 0 Å². The van der Waals surface area contributed by atoms with Gasteiger partial charge in [-0.2, -0.15) is 0 Å². The molecule has 2 aliphatic rings. The topological polar surface area (TPSA) is 24.5 Å². The molecule has 0 bridgehead atoms. The lowest BCUT2D eigenvalue weighted by Crippen LogP contribution is -2.46. The van der Waals surface area contributed by atoms with Crippen LogP contribution in [-0.2, 0) is 4.74 Å². The lowest BCUT2D eigenvalue weighted by molar-refractivity contribution is 0.0394. The minimum Gasteiger partial charge on any atom is -0.377 e. The van der Waals surface area contributed by atoms with E-state index in [1.165, 1.54) is 38.6 Å². The average molecular weight is 268 g/mol. The van der Waals surface area contributed by atoms with E-state index < -0.39 is 0 Å². The molecule has 112 valence electrons. The first-order valence-corrected chi connectivity index (χ1v) is 8.13. The number of nitrogens with zero attached hydrogens (tertiary/aromatic N) is 1. The summed E-state index contributed by atoms with van der Waals surface area (Å²) in [7, 11) is 0. The van der Waals surface area contributed by atoms with Gasteiger partial charge in [-0.15, -0.1) is 0 Å². The second-order valence-corrected chi connectivity index (χ2v) is 7.30. The third-order valence-corrected chi connectivity index (χ3v) is 4.59. The molecule has 1 saturated heterocycles. The summed E-state index contributed by atoms with van der Waals surface area (Å²) in [5.41, 5.74) is 0.342. The van der Waals surface area contributed by atoms with Gasteiger partial charge in [0, 0.05) is 19.1 Å². The highest BCUT2D eigenvalue weighted by atomic mass is 16.5. The number of hydrogen-bond acceptors (Lipinski definition) is 3. The molecule has 0 amide bonds. The van der Waals surface area contributed by atoms with Crippen molar-refractivity contribution in [2.24, 2.45) is 5.41 Å². The number of nitrogens with one attached hydrogen (secondary N) is 1. The smallest absolute Gasteiger partial charge is 0.0597 e. The van der Waals surface area contributed by atoms with Crippen LogP contribution >= 0.6 is 0 Å². The zero-order valence-corrected chi connectivity index (χ0v) is 13.1. The molecule has 1 unspecified atom stereocenters. The first-order valence-electron chi connectivity index (χ1n) is 8.13. The summed E-state index contributed by atoms with van der Waals surface area (Å²) in [6.45, 7) is 12.6. The van der Waals surface area contributed by atoms with Gasteiger partial charge in [-0.05, 0) is 37.8 Å². The molecule has 1 atom stereocenters. The maximum atomic E-state index is 6.01. The first-order chi connectivity index (χ1) is 9.05. The van der Waals surface area contributed by atoms with Crippen molar-refractivity contribution >= 4 is 0 Å². The Morgan fingerprint density at radius 3 is 2.58 bits per heavy atom. The second kappa shape index (κ2) is 7.05. The summed E-state index contributed by atoms with van der Waals surface area (Å²) in [4.78, 5) is 2.59. The molecule has 3 heteroatoms. The van der Waals surface area contributed by atoms with Gasteiger partial charge >= 0.3 is 0 Å². The van der Waals surface area contributed by atoms with Crippen molar-refractivity contribution in [1.29, 1.82) is 0 Å². The van der Waals surface area contributed by atoms with Gasteiger partial charge in [-0.3, -0.25) is 4.90 Å². The summed E-state index contributed by atoms with van der Waals surface area (Å²) in [5.74, 6) is 0. The van der Waals surface area contributed by atoms with Crippen LogP contribution in [0.4, 0.5) is 0 Å². The summed E-state index contributed by atoms with van der Waals surface area (Å²) >= 11 is 0. The molecule has 1 aliphatic heterocycles. The highest BCUT2D eigenvalue weighted by molar-refractivity contribution is 4.85. The van der Waals surface area contributed by atoms with E-state index in [0.717, 1.165) is 26.2 Å². The summed E-state index contributed by atoms with van der Waals surface area (Å²) in [5, 5.41) is 3.70. The number of hydrogen-bond donors (Lipinski definition) is 1. The average Bonchev–Trinajstić information content (AvgIpc) is 2.72. The lowest BCUT2D eigenvalue weighted by Gasteiger charge is -2.33. The molecule has 2 fully saturated rings. The molecule has 19 heavy (non-hydrogen) atoms. The summed E-state index contributed by atoms with van der Waals surface area (Å²) in [6, 6.07) is 0.599. The fraction of sp³-hybridized carbons (Fsp3) is 1.00. The van der Waals surface area contributed by atoms with E-state index in [9.17, 15) is 0 Å². The number of ether oxygens (including phenoxy) is 1. The van der Waals surface area contributed by atoms with E-state index in [-0.39, 0.29) is 0 Å². The Kier molecular flexibility index (Phi) is 5.67. The molecule has 1 N–H and O–H groups in total. The Hall–Kier alpha value is -0.120. The molecule has 1 heterocycles. The molecule has 0 spiro atoms. The molecule has 3 nitrogen and oxygen atoms in total. The van der Waals surface area contributed by atoms with Gasteiger partial charge in [0.15, 0.2) is 0 Å². The molecule has 1 aliphatic carbocycles. The van der Waals surface area contributed by atoms with Gasteiger partial charge in [0.05, 0.1) is 12.7 Å². The number of rotatable bonds is 4. The van der Waals surface area contributed by atoms with Crippen LogP contribution in [0.2, 0.25) is 0 Å². The van der Waals surface area contributed by atoms with Gasteiger partial charge in [0.2, 0.25) is 0 Å². The molecule has 0 aromatic heterocycles. The van der Waals surface area contributed by atoms with E-state index in [1.807, 2.05) is 0 Å².